The lowest BCUT2D eigenvalue weighted by molar-refractivity contribution is -0.274. The van der Waals surface area contributed by atoms with Crippen LogP contribution in [-0.4, -0.2) is 25.5 Å². The number of benzene rings is 1. The fourth-order valence-electron chi connectivity index (χ4n) is 1.56. The summed E-state index contributed by atoms with van der Waals surface area (Å²) in [5, 5.41) is 5.15. The van der Waals surface area contributed by atoms with Gasteiger partial charge in [0.1, 0.15) is 5.75 Å². The molecule has 0 saturated heterocycles. The maximum Gasteiger partial charge on any atom is 0.573 e. The second-order valence-corrected chi connectivity index (χ2v) is 4.30. The number of unbranched alkanes of at least 4 members (excludes halogenated alkanes) is 2. The molecule has 0 radical (unpaired) electrons. The van der Waals surface area contributed by atoms with Crippen LogP contribution in [-0.2, 0) is 0 Å². The number of alkyl halides is 3. The minimum absolute atomic E-state index is 0.338. The SMILES string of the molecule is NCCCCCNC(=O)Nc1ccc(OC(F)(F)F)cc1. The summed E-state index contributed by atoms with van der Waals surface area (Å²) >= 11 is 0. The van der Waals surface area contributed by atoms with Crippen LogP contribution in [0.15, 0.2) is 24.3 Å². The van der Waals surface area contributed by atoms with Gasteiger partial charge in [-0.05, 0) is 43.7 Å². The van der Waals surface area contributed by atoms with Crippen molar-refractivity contribution in [1.82, 2.24) is 5.32 Å². The minimum atomic E-state index is -4.73. The first kappa shape index (κ1) is 17.1. The number of carbonyl (C=O) groups is 1. The number of anilines is 1. The zero-order chi connectivity index (χ0) is 15.7. The zero-order valence-electron chi connectivity index (χ0n) is 11.4. The lowest BCUT2D eigenvalue weighted by Crippen LogP contribution is -2.29. The molecule has 0 spiro atoms. The van der Waals surface area contributed by atoms with Gasteiger partial charge in [-0.15, -0.1) is 13.2 Å². The van der Waals surface area contributed by atoms with E-state index in [2.05, 4.69) is 15.4 Å². The highest BCUT2D eigenvalue weighted by molar-refractivity contribution is 5.89. The van der Waals surface area contributed by atoms with Crippen LogP contribution in [0.25, 0.3) is 0 Å². The zero-order valence-corrected chi connectivity index (χ0v) is 11.4. The van der Waals surface area contributed by atoms with Crippen molar-refractivity contribution in [1.29, 1.82) is 0 Å². The van der Waals surface area contributed by atoms with Crippen LogP contribution in [0.2, 0.25) is 0 Å². The van der Waals surface area contributed by atoms with Crippen molar-refractivity contribution in [3.05, 3.63) is 24.3 Å². The molecule has 118 valence electrons. The Morgan fingerprint density at radius 1 is 1.14 bits per heavy atom. The Hall–Kier alpha value is -1.96. The third-order valence-electron chi connectivity index (χ3n) is 2.51. The molecule has 0 heterocycles. The average Bonchev–Trinajstić information content (AvgIpc) is 2.39. The quantitative estimate of drug-likeness (QED) is 0.678. The number of carbonyl (C=O) groups excluding carboxylic acids is 1. The summed E-state index contributed by atoms with van der Waals surface area (Å²) in [6, 6.07) is 4.51. The summed E-state index contributed by atoms with van der Waals surface area (Å²) in [7, 11) is 0. The van der Waals surface area contributed by atoms with Crippen molar-refractivity contribution >= 4 is 11.7 Å². The lowest BCUT2D eigenvalue weighted by atomic mass is 10.2. The number of amides is 2. The van der Waals surface area contributed by atoms with Gasteiger partial charge in [0.25, 0.3) is 0 Å². The number of nitrogens with one attached hydrogen (secondary N) is 2. The molecule has 1 aromatic rings. The lowest BCUT2D eigenvalue weighted by Gasteiger charge is -2.10. The second kappa shape index (κ2) is 8.35. The monoisotopic (exact) mass is 305 g/mol. The highest BCUT2D eigenvalue weighted by atomic mass is 19.4. The molecule has 8 heteroatoms. The number of ether oxygens (including phenoxy) is 1. The van der Waals surface area contributed by atoms with Crippen LogP contribution >= 0.6 is 0 Å². The molecule has 1 aromatic carbocycles. The predicted octanol–water partition coefficient (Wildman–Crippen LogP) is 2.84. The number of halogens is 3. The van der Waals surface area contributed by atoms with Gasteiger partial charge in [-0.25, -0.2) is 4.79 Å². The number of nitrogens with two attached hydrogens (primary N) is 1. The van der Waals surface area contributed by atoms with E-state index in [0.717, 1.165) is 31.4 Å². The van der Waals surface area contributed by atoms with Gasteiger partial charge in [-0.2, -0.15) is 0 Å². The number of hydrogen-bond donors (Lipinski definition) is 3. The van der Waals surface area contributed by atoms with E-state index in [1.807, 2.05) is 0 Å². The molecular weight excluding hydrogens is 287 g/mol. The molecule has 0 fully saturated rings. The van der Waals surface area contributed by atoms with E-state index < -0.39 is 12.4 Å². The van der Waals surface area contributed by atoms with Gasteiger partial charge in [0.05, 0.1) is 0 Å². The van der Waals surface area contributed by atoms with Crippen molar-refractivity contribution in [2.45, 2.75) is 25.6 Å². The molecule has 0 aromatic heterocycles. The molecule has 0 bridgehead atoms. The Balaban J connectivity index is 2.33. The third-order valence-corrected chi connectivity index (χ3v) is 2.51. The summed E-state index contributed by atoms with van der Waals surface area (Å²) < 4.78 is 39.6. The second-order valence-electron chi connectivity index (χ2n) is 4.30. The molecule has 1 rings (SSSR count). The molecule has 0 aliphatic rings. The molecule has 5 nitrogen and oxygen atoms in total. The first-order chi connectivity index (χ1) is 9.90. The normalized spacial score (nSPS) is 11.0. The molecule has 2 amide bonds. The van der Waals surface area contributed by atoms with Gasteiger partial charge in [0.15, 0.2) is 0 Å². The summed E-state index contributed by atoms with van der Waals surface area (Å²) in [6.45, 7) is 1.14. The molecule has 0 atom stereocenters. The summed E-state index contributed by atoms with van der Waals surface area (Å²) in [5.74, 6) is -0.338. The van der Waals surface area contributed by atoms with Crippen molar-refractivity contribution in [2.24, 2.45) is 5.73 Å². The molecular formula is C13H18F3N3O2. The Labute approximate surface area is 120 Å². The van der Waals surface area contributed by atoms with E-state index in [0.29, 0.717) is 18.8 Å². The fourth-order valence-corrected chi connectivity index (χ4v) is 1.56. The predicted molar refractivity (Wildman–Crippen MR) is 73.1 cm³/mol. The smallest absolute Gasteiger partial charge is 0.406 e. The average molecular weight is 305 g/mol. The largest absolute Gasteiger partial charge is 0.573 e. The van der Waals surface area contributed by atoms with Gasteiger partial charge in [0.2, 0.25) is 0 Å². The van der Waals surface area contributed by atoms with E-state index in [-0.39, 0.29) is 5.75 Å². The molecule has 4 N–H and O–H groups in total. The van der Waals surface area contributed by atoms with Gasteiger partial charge < -0.3 is 21.1 Å². The topological polar surface area (TPSA) is 76.4 Å². The van der Waals surface area contributed by atoms with E-state index in [4.69, 9.17) is 5.73 Å². The standard InChI is InChI=1S/C13H18F3N3O2/c14-13(15,16)21-11-6-4-10(5-7-11)19-12(20)18-9-3-1-2-8-17/h4-7H,1-3,8-9,17H2,(H2,18,19,20). The maximum absolute atomic E-state index is 12.0. The number of hydrogen-bond acceptors (Lipinski definition) is 3. The summed E-state index contributed by atoms with van der Waals surface area (Å²) in [4.78, 5) is 11.5. The first-order valence-electron chi connectivity index (χ1n) is 6.51. The van der Waals surface area contributed by atoms with Crippen LogP contribution in [0.4, 0.5) is 23.7 Å². The Kier molecular flexibility index (Phi) is 6.80. The van der Waals surface area contributed by atoms with E-state index >= 15 is 0 Å². The summed E-state index contributed by atoms with van der Waals surface area (Å²) in [6.07, 6.45) is -2.07. The van der Waals surface area contributed by atoms with Crippen LogP contribution in [0.5, 0.6) is 5.75 Å². The Morgan fingerprint density at radius 2 is 1.81 bits per heavy atom. The Morgan fingerprint density at radius 3 is 2.38 bits per heavy atom. The van der Waals surface area contributed by atoms with Crippen molar-refractivity contribution in [2.75, 3.05) is 18.4 Å². The molecule has 0 aliphatic heterocycles. The fraction of sp³-hybridized carbons (Fsp3) is 0.462. The van der Waals surface area contributed by atoms with Crippen molar-refractivity contribution in [3.63, 3.8) is 0 Å². The Bertz CT molecular complexity index is 435. The van der Waals surface area contributed by atoms with E-state index in [1.165, 1.54) is 12.1 Å². The van der Waals surface area contributed by atoms with Gasteiger partial charge in [-0.3, -0.25) is 0 Å². The van der Waals surface area contributed by atoms with Crippen LogP contribution in [0.1, 0.15) is 19.3 Å². The van der Waals surface area contributed by atoms with Crippen molar-refractivity contribution < 1.29 is 22.7 Å². The molecule has 0 saturated carbocycles. The van der Waals surface area contributed by atoms with Gasteiger partial charge in [-0.1, -0.05) is 6.42 Å². The van der Waals surface area contributed by atoms with Crippen molar-refractivity contribution in [3.8, 4) is 5.75 Å². The highest BCUT2D eigenvalue weighted by Gasteiger charge is 2.30. The minimum Gasteiger partial charge on any atom is -0.406 e. The van der Waals surface area contributed by atoms with E-state index in [9.17, 15) is 18.0 Å². The first-order valence-corrected chi connectivity index (χ1v) is 6.51. The van der Waals surface area contributed by atoms with Gasteiger partial charge >= 0.3 is 12.4 Å². The number of urea groups is 1. The third kappa shape index (κ3) is 8.03. The van der Waals surface area contributed by atoms with Crippen LogP contribution in [0.3, 0.4) is 0 Å². The van der Waals surface area contributed by atoms with Crippen LogP contribution in [0, 0.1) is 0 Å². The number of rotatable bonds is 7. The van der Waals surface area contributed by atoms with Gasteiger partial charge in [0, 0.05) is 12.2 Å². The molecule has 0 unspecified atom stereocenters. The summed E-state index contributed by atoms with van der Waals surface area (Å²) in [5.41, 5.74) is 5.72. The van der Waals surface area contributed by atoms with E-state index in [1.54, 1.807) is 0 Å². The maximum atomic E-state index is 12.0. The highest BCUT2D eigenvalue weighted by Crippen LogP contribution is 2.23. The van der Waals surface area contributed by atoms with Crippen LogP contribution < -0.4 is 21.1 Å². The molecule has 0 aliphatic carbocycles. The molecule has 21 heavy (non-hydrogen) atoms.